The number of benzene rings is 2. The van der Waals surface area contributed by atoms with Gasteiger partial charge in [-0.3, -0.25) is 10.3 Å². The third kappa shape index (κ3) is 2.57. The van der Waals surface area contributed by atoms with E-state index < -0.39 is 23.3 Å². The summed E-state index contributed by atoms with van der Waals surface area (Å²) in [5, 5.41) is 7.22. The van der Waals surface area contributed by atoms with Gasteiger partial charge in [0, 0.05) is 12.1 Å². The summed E-state index contributed by atoms with van der Waals surface area (Å²) in [6.07, 6.45) is 0.659. The molecule has 0 saturated heterocycles. The highest BCUT2D eigenvalue weighted by atomic mass is 19.1. The highest BCUT2D eigenvalue weighted by Gasteiger charge is 2.16. The smallest absolute Gasteiger partial charge is 0.150 e. The van der Waals surface area contributed by atoms with Crippen LogP contribution in [0.2, 0.25) is 0 Å². The van der Waals surface area contributed by atoms with Crippen molar-refractivity contribution < 1.29 is 17.6 Å². The third-order valence-electron chi connectivity index (χ3n) is 2.47. The van der Waals surface area contributed by atoms with Gasteiger partial charge in [-0.15, -0.1) is 0 Å². The maximum atomic E-state index is 13.6. The van der Waals surface area contributed by atoms with Crippen LogP contribution in [0.25, 0.3) is 0 Å². The van der Waals surface area contributed by atoms with Gasteiger partial charge in [0.15, 0.2) is 0 Å². The second-order valence-electron chi connectivity index (χ2n) is 3.69. The number of halogens is 4. The minimum atomic E-state index is -0.952. The van der Waals surface area contributed by atoms with Crippen molar-refractivity contribution in [1.82, 2.24) is 0 Å². The zero-order valence-corrected chi connectivity index (χ0v) is 9.50. The lowest BCUT2D eigenvalue weighted by Crippen LogP contribution is -2.16. The van der Waals surface area contributed by atoms with Gasteiger partial charge >= 0.3 is 0 Å². The lowest BCUT2D eigenvalue weighted by atomic mass is 10.2. The lowest BCUT2D eigenvalue weighted by molar-refractivity contribution is 0.580. The van der Waals surface area contributed by atoms with E-state index in [-0.39, 0.29) is 11.4 Å². The minimum Gasteiger partial charge on any atom is -0.296 e. The summed E-state index contributed by atoms with van der Waals surface area (Å²) in [7, 11) is 0. The molecule has 2 aromatic rings. The van der Waals surface area contributed by atoms with E-state index in [4.69, 9.17) is 5.41 Å². The highest BCUT2D eigenvalue weighted by Crippen LogP contribution is 2.29. The number of anilines is 2. The first kappa shape index (κ1) is 13.1. The van der Waals surface area contributed by atoms with E-state index >= 15 is 0 Å². The number of rotatable bonds is 3. The molecule has 0 aliphatic carbocycles. The van der Waals surface area contributed by atoms with Crippen molar-refractivity contribution in [3.8, 4) is 0 Å². The van der Waals surface area contributed by atoms with Crippen LogP contribution in [-0.2, 0) is 0 Å². The van der Waals surface area contributed by atoms with Gasteiger partial charge in [0.25, 0.3) is 0 Å². The van der Waals surface area contributed by atoms with Gasteiger partial charge in [-0.1, -0.05) is 0 Å². The van der Waals surface area contributed by atoms with Gasteiger partial charge < -0.3 is 0 Å². The Balaban J connectivity index is 2.53. The van der Waals surface area contributed by atoms with Gasteiger partial charge in [-0.05, 0) is 24.3 Å². The van der Waals surface area contributed by atoms with Crippen LogP contribution < -0.4 is 4.90 Å². The van der Waals surface area contributed by atoms with Crippen LogP contribution in [-0.4, -0.2) is 6.34 Å². The number of nitrogens with one attached hydrogen (secondary N) is 1. The molecule has 0 bridgehead atoms. The van der Waals surface area contributed by atoms with Gasteiger partial charge in [-0.2, -0.15) is 0 Å². The van der Waals surface area contributed by atoms with Crippen LogP contribution in [0.5, 0.6) is 0 Å². The van der Waals surface area contributed by atoms with Crippen LogP contribution >= 0.6 is 0 Å². The molecule has 0 aliphatic heterocycles. The van der Waals surface area contributed by atoms with Crippen LogP contribution in [0.1, 0.15) is 0 Å². The molecule has 0 unspecified atom stereocenters. The quantitative estimate of drug-likeness (QED) is 0.508. The van der Waals surface area contributed by atoms with E-state index in [1.165, 1.54) is 0 Å². The molecule has 0 aromatic heterocycles. The molecule has 0 heterocycles. The van der Waals surface area contributed by atoms with E-state index in [0.29, 0.717) is 18.5 Å². The van der Waals surface area contributed by atoms with Gasteiger partial charge in [0.05, 0.1) is 17.7 Å². The van der Waals surface area contributed by atoms with Crippen molar-refractivity contribution in [3.05, 3.63) is 59.7 Å². The topological polar surface area (TPSA) is 27.1 Å². The fraction of sp³-hybridized carbons (Fsp3) is 0. The SMILES string of the molecule is N=CN(c1ccc(F)cc1F)c1ccc(F)cc1F. The largest absolute Gasteiger partial charge is 0.296 e. The highest BCUT2D eigenvalue weighted by molar-refractivity contribution is 5.88. The van der Waals surface area contributed by atoms with Crippen LogP contribution in [0.3, 0.4) is 0 Å². The Hall–Kier alpha value is -2.37. The zero-order valence-electron chi connectivity index (χ0n) is 9.50. The summed E-state index contributed by atoms with van der Waals surface area (Å²) in [5.41, 5.74) is -0.413. The number of hydrogen-bond donors (Lipinski definition) is 1. The Morgan fingerprint density at radius 1 is 0.789 bits per heavy atom. The maximum Gasteiger partial charge on any atom is 0.150 e. The standard InChI is InChI=1S/C13H8F4N2/c14-8-1-3-12(10(16)5-8)19(7-18)13-4-2-9(15)6-11(13)17/h1-7,18H. The Morgan fingerprint density at radius 3 is 1.53 bits per heavy atom. The predicted octanol–water partition coefficient (Wildman–Crippen LogP) is 3.99. The third-order valence-corrected chi connectivity index (χ3v) is 2.47. The summed E-state index contributed by atoms with van der Waals surface area (Å²) in [6, 6.07) is 5.34. The van der Waals surface area contributed by atoms with Crippen LogP contribution in [0.15, 0.2) is 36.4 Å². The molecule has 0 amide bonds. The van der Waals surface area contributed by atoms with Crippen molar-refractivity contribution in [2.75, 3.05) is 4.90 Å². The Labute approximate surface area is 106 Å². The number of nitrogens with zero attached hydrogens (tertiary/aromatic N) is 1. The summed E-state index contributed by atoms with van der Waals surface area (Å²) in [6.45, 7) is 0. The van der Waals surface area contributed by atoms with Gasteiger partial charge in [-0.25, -0.2) is 17.6 Å². The van der Waals surface area contributed by atoms with Crippen molar-refractivity contribution in [1.29, 1.82) is 5.41 Å². The predicted molar refractivity (Wildman–Crippen MR) is 63.6 cm³/mol. The fourth-order valence-electron chi connectivity index (χ4n) is 1.62. The van der Waals surface area contributed by atoms with E-state index in [9.17, 15) is 17.6 Å². The lowest BCUT2D eigenvalue weighted by Gasteiger charge is -2.20. The monoisotopic (exact) mass is 268 g/mol. The molecule has 98 valence electrons. The minimum absolute atomic E-state index is 0.207. The molecular formula is C13H8F4N2. The molecule has 0 saturated carbocycles. The van der Waals surface area contributed by atoms with Crippen LogP contribution in [0.4, 0.5) is 28.9 Å². The van der Waals surface area contributed by atoms with E-state index in [2.05, 4.69) is 0 Å². The molecule has 0 atom stereocenters. The molecule has 0 fully saturated rings. The van der Waals surface area contributed by atoms with E-state index in [1.807, 2.05) is 0 Å². The molecule has 0 spiro atoms. The van der Waals surface area contributed by atoms with Crippen molar-refractivity contribution in [2.24, 2.45) is 0 Å². The summed E-state index contributed by atoms with van der Waals surface area (Å²) in [4.78, 5) is 0.851. The van der Waals surface area contributed by atoms with Gasteiger partial charge in [0.1, 0.15) is 23.3 Å². The second kappa shape index (κ2) is 5.09. The summed E-state index contributed by atoms with van der Waals surface area (Å²) >= 11 is 0. The first-order chi connectivity index (χ1) is 9.02. The molecule has 0 radical (unpaired) electrons. The first-order valence-electron chi connectivity index (χ1n) is 5.23. The summed E-state index contributed by atoms with van der Waals surface area (Å²) in [5.74, 6) is -3.48. The molecule has 19 heavy (non-hydrogen) atoms. The molecule has 2 rings (SSSR count). The normalized spacial score (nSPS) is 10.3. The molecule has 2 aromatic carbocycles. The van der Waals surface area contributed by atoms with Crippen molar-refractivity contribution >= 4 is 17.7 Å². The second-order valence-corrected chi connectivity index (χ2v) is 3.69. The fourth-order valence-corrected chi connectivity index (χ4v) is 1.62. The Bertz CT molecular complexity index is 577. The maximum absolute atomic E-state index is 13.6. The molecule has 6 heteroatoms. The van der Waals surface area contributed by atoms with Gasteiger partial charge in [0.2, 0.25) is 0 Å². The molecule has 2 nitrogen and oxygen atoms in total. The van der Waals surface area contributed by atoms with Crippen LogP contribution in [0, 0.1) is 28.7 Å². The Morgan fingerprint density at radius 2 is 1.21 bits per heavy atom. The van der Waals surface area contributed by atoms with Crippen molar-refractivity contribution in [3.63, 3.8) is 0 Å². The first-order valence-corrected chi connectivity index (χ1v) is 5.23. The molecule has 0 aliphatic rings. The average molecular weight is 268 g/mol. The molecular weight excluding hydrogens is 260 g/mol. The zero-order chi connectivity index (χ0) is 14.0. The van der Waals surface area contributed by atoms with E-state index in [0.717, 1.165) is 29.2 Å². The van der Waals surface area contributed by atoms with E-state index in [1.54, 1.807) is 0 Å². The molecule has 1 N–H and O–H groups in total. The number of hydrogen-bond acceptors (Lipinski definition) is 1. The average Bonchev–Trinajstić information content (AvgIpc) is 2.34. The van der Waals surface area contributed by atoms with Crippen molar-refractivity contribution in [2.45, 2.75) is 0 Å². The summed E-state index contributed by atoms with van der Waals surface area (Å²) < 4.78 is 52.8. The Kier molecular flexibility index (Phi) is 3.50.